The Labute approximate surface area is 150 Å². The van der Waals surface area contributed by atoms with E-state index in [2.05, 4.69) is 10.0 Å². The molecule has 8 heteroatoms. The summed E-state index contributed by atoms with van der Waals surface area (Å²) >= 11 is 0. The maximum atomic E-state index is 12.6. The molecule has 2 N–H and O–H groups in total. The number of carbonyl (C=O) groups is 1. The van der Waals surface area contributed by atoms with Crippen LogP contribution in [0, 0.1) is 0 Å². The van der Waals surface area contributed by atoms with Crippen LogP contribution in [0.4, 0.5) is 11.4 Å². The molecule has 0 spiro atoms. The Kier molecular flexibility index (Phi) is 4.94. The number of anilines is 2. The summed E-state index contributed by atoms with van der Waals surface area (Å²) in [6.45, 7) is 0. The highest BCUT2D eigenvalue weighted by atomic mass is 32.2. The summed E-state index contributed by atoms with van der Waals surface area (Å²) in [5.41, 5.74) is 0.648. The first-order chi connectivity index (χ1) is 12.5. The van der Waals surface area contributed by atoms with Crippen LogP contribution < -0.4 is 14.8 Å². The molecule has 0 aliphatic heterocycles. The summed E-state index contributed by atoms with van der Waals surface area (Å²) in [5.74, 6) is 0.0611. The number of sulfonamides is 1. The molecule has 1 aromatic heterocycles. The van der Waals surface area contributed by atoms with Gasteiger partial charge in [-0.05, 0) is 42.5 Å². The van der Waals surface area contributed by atoms with Crippen molar-refractivity contribution in [2.45, 2.75) is 4.90 Å². The summed E-state index contributed by atoms with van der Waals surface area (Å²) in [6.07, 6.45) is 1.38. The molecule has 134 valence electrons. The second kappa shape index (κ2) is 7.32. The van der Waals surface area contributed by atoms with Crippen LogP contribution >= 0.6 is 0 Å². The predicted octanol–water partition coefficient (Wildman–Crippen LogP) is 3.34. The van der Waals surface area contributed by atoms with Crippen LogP contribution in [0.1, 0.15) is 10.6 Å². The second-order valence-electron chi connectivity index (χ2n) is 5.27. The van der Waals surface area contributed by atoms with E-state index in [0.29, 0.717) is 17.1 Å². The van der Waals surface area contributed by atoms with Gasteiger partial charge in [-0.3, -0.25) is 9.52 Å². The highest BCUT2D eigenvalue weighted by Crippen LogP contribution is 2.26. The second-order valence-corrected chi connectivity index (χ2v) is 6.95. The van der Waals surface area contributed by atoms with E-state index in [-0.39, 0.29) is 10.7 Å². The van der Waals surface area contributed by atoms with Crippen molar-refractivity contribution < 1.29 is 22.4 Å². The minimum Gasteiger partial charge on any atom is -0.495 e. The predicted molar refractivity (Wildman–Crippen MR) is 96.9 cm³/mol. The molecule has 0 radical (unpaired) electrons. The number of para-hydroxylation sites is 2. The zero-order valence-corrected chi connectivity index (χ0v) is 14.6. The fourth-order valence-electron chi connectivity index (χ4n) is 2.27. The highest BCUT2D eigenvalue weighted by Gasteiger charge is 2.17. The van der Waals surface area contributed by atoms with Gasteiger partial charge in [0.1, 0.15) is 5.75 Å². The number of hydrogen-bond donors (Lipinski definition) is 2. The molecule has 1 heterocycles. The number of hydrogen-bond acceptors (Lipinski definition) is 5. The molecule has 2 aromatic carbocycles. The molecular weight excluding hydrogens is 356 g/mol. The Hall–Kier alpha value is -3.26. The normalized spacial score (nSPS) is 11.0. The molecule has 3 aromatic rings. The fraction of sp³-hybridized carbons (Fsp3) is 0.0556. The third kappa shape index (κ3) is 3.86. The minimum atomic E-state index is -3.86. The molecule has 7 nitrogen and oxygen atoms in total. The summed E-state index contributed by atoms with van der Waals surface area (Å²) in [6, 6.07) is 15.7. The van der Waals surface area contributed by atoms with Gasteiger partial charge in [0.2, 0.25) is 0 Å². The summed E-state index contributed by atoms with van der Waals surface area (Å²) in [4.78, 5) is 12.0. The lowest BCUT2D eigenvalue weighted by Gasteiger charge is -2.12. The molecule has 0 bridgehead atoms. The van der Waals surface area contributed by atoms with Gasteiger partial charge in [0.05, 0.1) is 24.0 Å². The lowest BCUT2D eigenvalue weighted by atomic mass is 10.3. The van der Waals surface area contributed by atoms with E-state index in [4.69, 9.17) is 9.15 Å². The van der Waals surface area contributed by atoms with Gasteiger partial charge in [-0.1, -0.05) is 18.2 Å². The van der Waals surface area contributed by atoms with Crippen molar-refractivity contribution in [3.05, 3.63) is 72.7 Å². The first kappa shape index (κ1) is 17.6. The Balaban J connectivity index is 1.83. The summed E-state index contributed by atoms with van der Waals surface area (Å²) in [5, 5.41) is 2.59. The number of furan rings is 1. The molecule has 3 rings (SSSR count). The Morgan fingerprint density at radius 1 is 1.04 bits per heavy atom. The van der Waals surface area contributed by atoms with Crippen molar-refractivity contribution in [1.29, 1.82) is 0 Å². The first-order valence-electron chi connectivity index (χ1n) is 7.60. The van der Waals surface area contributed by atoms with Crippen LogP contribution in [0.25, 0.3) is 0 Å². The van der Waals surface area contributed by atoms with Crippen molar-refractivity contribution in [3.63, 3.8) is 0 Å². The topological polar surface area (TPSA) is 97.6 Å². The maximum absolute atomic E-state index is 12.6. The number of carbonyl (C=O) groups excluding carboxylic acids is 1. The fourth-order valence-corrected chi connectivity index (χ4v) is 3.39. The summed E-state index contributed by atoms with van der Waals surface area (Å²) < 4.78 is 37.9. The van der Waals surface area contributed by atoms with E-state index in [1.54, 1.807) is 36.4 Å². The number of rotatable bonds is 6. The average molecular weight is 372 g/mol. The van der Waals surface area contributed by atoms with Crippen LogP contribution in [0.15, 0.2) is 76.2 Å². The molecular formula is C18H16N2O5S. The lowest BCUT2D eigenvalue weighted by molar-refractivity contribution is 0.0996. The van der Waals surface area contributed by atoms with E-state index in [0.717, 1.165) is 0 Å². The Bertz CT molecular complexity index is 1010. The largest absolute Gasteiger partial charge is 0.495 e. The third-order valence-electron chi connectivity index (χ3n) is 3.50. The van der Waals surface area contributed by atoms with Gasteiger partial charge in [0, 0.05) is 5.69 Å². The van der Waals surface area contributed by atoms with Gasteiger partial charge in [-0.2, -0.15) is 0 Å². The summed E-state index contributed by atoms with van der Waals surface area (Å²) in [7, 11) is -2.41. The zero-order valence-electron chi connectivity index (χ0n) is 13.8. The van der Waals surface area contributed by atoms with E-state index < -0.39 is 15.9 Å². The molecule has 0 saturated heterocycles. The number of ether oxygens (including phenoxy) is 1. The van der Waals surface area contributed by atoms with Gasteiger partial charge >= 0.3 is 0 Å². The molecule has 0 aliphatic carbocycles. The highest BCUT2D eigenvalue weighted by molar-refractivity contribution is 7.92. The number of amides is 1. The number of methoxy groups -OCH3 is 1. The van der Waals surface area contributed by atoms with Crippen LogP contribution in [0.5, 0.6) is 5.75 Å². The number of nitrogens with one attached hydrogen (secondary N) is 2. The average Bonchev–Trinajstić information content (AvgIpc) is 3.17. The molecule has 0 saturated carbocycles. The van der Waals surface area contributed by atoms with Gasteiger partial charge in [-0.15, -0.1) is 0 Å². The van der Waals surface area contributed by atoms with Crippen molar-refractivity contribution >= 4 is 27.3 Å². The van der Waals surface area contributed by atoms with Gasteiger partial charge in [0.25, 0.3) is 15.9 Å². The van der Waals surface area contributed by atoms with Crippen LogP contribution in [0.3, 0.4) is 0 Å². The Morgan fingerprint density at radius 3 is 2.58 bits per heavy atom. The molecule has 0 atom stereocenters. The molecule has 1 amide bonds. The monoisotopic (exact) mass is 372 g/mol. The van der Waals surface area contributed by atoms with Crippen molar-refractivity contribution in [2.24, 2.45) is 0 Å². The maximum Gasteiger partial charge on any atom is 0.291 e. The number of benzene rings is 2. The SMILES string of the molecule is COc1ccccc1NS(=O)(=O)c1cccc(NC(=O)c2ccco2)c1. The smallest absolute Gasteiger partial charge is 0.291 e. The van der Waals surface area contributed by atoms with Crippen molar-refractivity contribution in [1.82, 2.24) is 0 Å². The lowest BCUT2D eigenvalue weighted by Crippen LogP contribution is -2.15. The van der Waals surface area contributed by atoms with Gasteiger partial charge in [0.15, 0.2) is 5.76 Å². The van der Waals surface area contributed by atoms with Crippen molar-refractivity contribution in [3.8, 4) is 5.75 Å². The quantitative estimate of drug-likeness (QED) is 0.692. The standard InChI is InChI=1S/C18H16N2O5S/c1-24-16-9-3-2-8-15(16)20-26(22,23)14-7-4-6-13(12-14)19-18(21)17-10-5-11-25-17/h2-12,20H,1H3,(H,19,21). The minimum absolute atomic E-state index is 0.000603. The molecule has 0 fully saturated rings. The van der Waals surface area contributed by atoms with Gasteiger partial charge in [-0.25, -0.2) is 8.42 Å². The van der Waals surface area contributed by atoms with E-state index in [1.807, 2.05) is 0 Å². The Morgan fingerprint density at radius 2 is 1.85 bits per heavy atom. The van der Waals surface area contributed by atoms with Crippen LogP contribution in [0.2, 0.25) is 0 Å². The van der Waals surface area contributed by atoms with Crippen LogP contribution in [-0.4, -0.2) is 21.4 Å². The van der Waals surface area contributed by atoms with Crippen LogP contribution in [-0.2, 0) is 10.0 Å². The zero-order chi connectivity index (χ0) is 18.6. The van der Waals surface area contributed by atoms with E-state index >= 15 is 0 Å². The molecule has 26 heavy (non-hydrogen) atoms. The van der Waals surface area contributed by atoms with E-state index in [1.165, 1.54) is 37.6 Å². The third-order valence-corrected chi connectivity index (χ3v) is 4.86. The molecule has 0 unspecified atom stereocenters. The first-order valence-corrected chi connectivity index (χ1v) is 9.09. The molecule has 0 aliphatic rings. The van der Waals surface area contributed by atoms with E-state index in [9.17, 15) is 13.2 Å². The van der Waals surface area contributed by atoms with Crippen molar-refractivity contribution in [2.75, 3.05) is 17.1 Å². The van der Waals surface area contributed by atoms with Gasteiger partial charge < -0.3 is 14.5 Å².